The fraction of sp³-hybridized carbons (Fsp3) is 0.389. The topological polar surface area (TPSA) is 6.25 Å². The van der Waals surface area contributed by atoms with E-state index in [1.165, 1.54) is 22.1 Å². The van der Waals surface area contributed by atoms with E-state index in [1.54, 1.807) is 0 Å². The van der Waals surface area contributed by atoms with Crippen molar-refractivity contribution in [1.29, 1.82) is 0 Å². The molecule has 0 aliphatic heterocycles. The molecule has 0 fully saturated rings. The van der Waals surface area contributed by atoms with Gasteiger partial charge in [-0.15, -0.1) is 0 Å². The summed E-state index contributed by atoms with van der Waals surface area (Å²) in [6.45, 7) is 13.0. The molecule has 0 heterocycles. The molecule has 0 radical (unpaired) electrons. The van der Waals surface area contributed by atoms with Gasteiger partial charge in [0.05, 0.1) is 0 Å². The van der Waals surface area contributed by atoms with Gasteiger partial charge in [-0.1, -0.05) is 24.3 Å². The Balaban J connectivity index is 2.68. The maximum atomic E-state index is 4.22. The molecular formula is C18H25N2+. The van der Waals surface area contributed by atoms with E-state index >= 15 is 0 Å². The number of rotatable bonds is 4. The van der Waals surface area contributed by atoms with Crippen molar-refractivity contribution < 1.29 is 4.58 Å². The first-order valence-electron chi connectivity index (χ1n) is 7.27. The lowest BCUT2D eigenvalue weighted by Crippen LogP contribution is -2.27. The average Bonchev–Trinajstić information content (AvgIpc) is 2.44. The van der Waals surface area contributed by atoms with Crippen molar-refractivity contribution in [1.82, 2.24) is 0 Å². The molecule has 0 N–H and O–H groups in total. The van der Waals surface area contributed by atoms with Gasteiger partial charge in [-0.3, -0.25) is 0 Å². The molecule has 0 saturated carbocycles. The highest BCUT2D eigenvalue weighted by Crippen LogP contribution is 2.34. The van der Waals surface area contributed by atoms with Crippen LogP contribution in [-0.2, 0) is 0 Å². The minimum atomic E-state index is 0.371. The zero-order valence-electron chi connectivity index (χ0n) is 13.2. The number of nitrogens with zero attached hydrogens (tertiary/aromatic N) is 2. The first-order chi connectivity index (χ1) is 9.41. The Hall–Kier alpha value is -1.83. The number of hydrogen-bond acceptors (Lipinski definition) is 1. The van der Waals surface area contributed by atoms with Crippen LogP contribution in [0.15, 0.2) is 36.4 Å². The summed E-state index contributed by atoms with van der Waals surface area (Å²) >= 11 is 0. The first kappa shape index (κ1) is 14.6. The quantitative estimate of drug-likeness (QED) is 0.587. The zero-order valence-corrected chi connectivity index (χ0v) is 13.2. The number of benzene rings is 2. The normalized spacial score (nSPS) is 11.3. The van der Waals surface area contributed by atoms with Crippen molar-refractivity contribution in [3.63, 3.8) is 0 Å². The van der Waals surface area contributed by atoms with Crippen LogP contribution in [0.2, 0.25) is 0 Å². The van der Waals surface area contributed by atoms with E-state index in [1.807, 2.05) is 0 Å². The highest BCUT2D eigenvalue weighted by atomic mass is 15.2. The minimum absolute atomic E-state index is 0.371. The molecule has 0 saturated heterocycles. The average molecular weight is 269 g/mol. The second kappa shape index (κ2) is 5.66. The Morgan fingerprint density at radius 1 is 1.00 bits per heavy atom. The SMILES string of the molecule is C=[N+](c1cc2ccccc2cc1N(C)C(C)C)C(C)C. The molecule has 0 aliphatic rings. The van der Waals surface area contributed by atoms with Crippen molar-refractivity contribution >= 4 is 28.9 Å². The monoisotopic (exact) mass is 269 g/mol. The standard InChI is InChI=1S/C18H25N2/c1-13(2)19(5)17-11-15-9-7-8-10-16(15)12-18(17)20(6)14(3)4/h7-14H,5H2,1-4,6H3/q+1. The van der Waals surface area contributed by atoms with Crippen LogP contribution in [0.1, 0.15) is 27.7 Å². The van der Waals surface area contributed by atoms with Gasteiger partial charge in [-0.2, -0.15) is 0 Å². The van der Waals surface area contributed by atoms with Crippen LogP contribution in [0, 0.1) is 0 Å². The summed E-state index contributed by atoms with van der Waals surface area (Å²) in [4.78, 5) is 2.31. The van der Waals surface area contributed by atoms with Gasteiger partial charge >= 0.3 is 0 Å². The smallest absolute Gasteiger partial charge is 0.229 e. The van der Waals surface area contributed by atoms with E-state index < -0.39 is 0 Å². The predicted molar refractivity (Wildman–Crippen MR) is 89.7 cm³/mol. The fourth-order valence-corrected chi connectivity index (χ4v) is 2.29. The fourth-order valence-electron chi connectivity index (χ4n) is 2.29. The van der Waals surface area contributed by atoms with Gasteiger partial charge in [0.1, 0.15) is 12.4 Å². The van der Waals surface area contributed by atoms with Gasteiger partial charge in [0.2, 0.25) is 5.69 Å². The molecule has 0 aromatic heterocycles. The maximum absolute atomic E-state index is 4.22. The predicted octanol–water partition coefficient (Wildman–Crippen LogP) is 4.44. The lowest BCUT2D eigenvalue weighted by atomic mass is 10.1. The molecule has 0 bridgehead atoms. The molecule has 2 aromatic carbocycles. The summed E-state index contributed by atoms with van der Waals surface area (Å²) in [7, 11) is 2.15. The Kier molecular flexibility index (Phi) is 4.12. The Bertz CT molecular complexity index is 626. The van der Waals surface area contributed by atoms with Crippen LogP contribution in [-0.4, -0.2) is 30.4 Å². The summed E-state index contributed by atoms with van der Waals surface area (Å²) in [5.41, 5.74) is 2.43. The Morgan fingerprint density at radius 3 is 2.05 bits per heavy atom. The Morgan fingerprint density at radius 2 is 1.55 bits per heavy atom. The minimum Gasteiger partial charge on any atom is -0.367 e. The van der Waals surface area contributed by atoms with E-state index in [9.17, 15) is 0 Å². The molecule has 0 amide bonds. The van der Waals surface area contributed by atoms with E-state index in [4.69, 9.17) is 0 Å². The molecule has 2 heteroatoms. The van der Waals surface area contributed by atoms with E-state index in [-0.39, 0.29) is 0 Å². The van der Waals surface area contributed by atoms with Gasteiger partial charge in [-0.05, 0) is 44.5 Å². The largest absolute Gasteiger partial charge is 0.367 e. The van der Waals surface area contributed by atoms with Crippen molar-refractivity contribution in [3.8, 4) is 0 Å². The summed E-state index contributed by atoms with van der Waals surface area (Å²) in [6.07, 6.45) is 0. The van der Waals surface area contributed by atoms with Crippen molar-refractivity contribution in [3.05, 3.63) is 36.4 Å². The van der Waals surface area contributed by atoms with Crippen LogP contribution in [0.25, 0.3) is 10.8 Å². The molecule has 2 nitrogen and oxygen atoms in total. The van der Waals surface area contributed by atoms with Crippen molar-refractivity contribution in [2.24, 2.45) is 0 Å². The molecule has 0 atom stereocenters. The highest BCUT2D eigenvalue weighted by Gasteiger charge is 2.21. The summed E-state index contributed by atoms with van der Waals surface area (Å²) in [6, 6.07) is 13.8. The van der Waals surface area contributed by atoms with Gasteiger partial charge < -0.3 is 4.90 Å². The third-order valence-electron chi connectivity index (χ3n) is 3.93. The van der Waals surface area contributed by atoms with Crippen LogP contribution in [0.4, 0.5) is 11.4 Å². The number of anilines is 1. The zero-order chi connectivity index (χ0) is 14.9. The van der Waals surface area contributed by atoms with Gasteiger partial charge in [-0.25, -0.2) is 4.58 Å². The maximum Gasteiger partial charge on any atom is 0.229 e. The second-order valence-electron chi connectivity index (χ2n) is 5.96. The van der Waals surface area contributed by atoms with Crippen LogP contribution in [0.5, 0.6) is 0 Å². The Labute approximate surface area is 122 Å². The molecule has 106 valence electrons. The van der Waals surface area contributed by atoms with Crippen LogP contribution >= 0.6 is 0 Å². The van der Waals surface area contributed by atoms with Crippen molar-refractivity contribution in [2.45, 2.75) is 39.8 Å². The molecular weight excluding hydrogens is 244 g/mol. The third-order valence-corrected chi connectivity index (χ3v) is 3.93. The van der Waals surface area contributed by atoms with Crippen LogP contribution in [0.3, 0.4) is 0 Å². The van der Waals surface area contributed by atoms with E-state index in [0.29, 0.717) is 12.1 Å². The van der Waals surface area contributed by atoms with Gasteiger partial charge in [0.25, 0.3) is 0 Å². The molecule has 0 unspecified atom stereocenters. The lowest BCUT2D eigenvalue weighted by molar-refractivity contribution is -0.466. The highest BCUT2D eigenvalue weighted by molar-refractivity contribution is 5.90. The summed E-state index contributed by atoms with van der Waals surface area (Å²) < 4.78 is 2.10. The van der Waals surface area contributed by atoms with E-state index in [0.717, 1.165) is 0 Å². The van der Waals surface area contributed by atoms with Crippen LogP contribution < -0.4 is 4.90 Å². The summed E-state index contributed by atoms with van der Waals surface area (Å²) in [5.74, 6) is 0. The molecule has 0 spiro atoms. The van der Waals surface area contributed by atoms with Gasteiger partial charge in [0, 0.05) is 19.2 Å². The molecule has 2 rings (SSSR count). The van der Waals surface area contributed by atoms with Crippen molar-refractivity contribution in [2.75, 3.05) is 11.9 Å². The van der Waals surface area contributed by atoms with Gasteiger partial charge in [0.15, 0.2) is 6.04 Å². The number of fused-ring (bicyclic) bond motifs is 1. The number of hydrogen-bond donors (Lipinski definition) is 0. The molecule has 20 heavy (non-hydrogen) atoms. The molecule has 0 aliphatic carbocycles. The second-order valence-corrected chi connectivity index (χ2v) is 5.96. The summed E-state index contributed by atoms with van der Waals surface area (Å²) in [5, 5.41) is 2.54. The molecule has 2 aromatic rings. The van der Waals surface area contributed by atoms with E-state index in [2.05, 4.69) is 87.3 Å². The first-order valence-corrected chi connectivity index (χ1v) is 7.27. The third kappa shape index (κ3) is 2.69. The lowest BCUT2D eigenvalue weighted by Gasteiger charge is -2.25.